The van der Waals surface area contributed by atoms with Gasteiger partial charge in [0, 0.05) is 30.7 Å². The fourth-order valence-corrected chi connectivity index (χ4v) is 1.66. The Bertz CT molecular complexity index is 420. The van der Waals surface area contributed by atoms with E-state index in [4.69, 9.17) is 21.1 Å². The summed E-state index contributed by atoms with van der Waals surface area (Å²) in [5.41, 5.74) is 0.595. The quantitative estimate of drug-likeness (QED) is 0.870. The van der Waals surface area contributed by atoms with Gasteiger partial charge < -0.3 is 19.9 Å². The van der Waals surface area contributed by atoms with E-state index in [1.165, 1.54) is 0 Å². The second-order valence-corrected chi connectivity index (χ2v) is 5.27. The normalized spacial score (nSPS) is 13.9. The van der Waals surface area contributed by atoms with Crippen LogP contribution in [-0.4, -0.2) is 25.1 Å². The minimum absolute atomic E-state index is 0.113. The summed E-state index contributed by atoms with van der Waals surface area (Å²) in [6.45, 7) is 4.92. The molecule has 1 heterocycles. The van der Waals surface area contributed by atoms with Crippen LogP contribution < -0.4 is 14.8 Å². The first-order valence-corrected chi connectivity index (χ1v) is 5.83. The largest absolute Gasteiger partial charge is 0.454 e. The van der Waals surface area contributed by atoms with Crippen LogP contribution in [0.5, 0.6) is 11.5 Å². The van der Waals surface area contributed by atoms with E-state index in [2.05, 4.69) is 5.32 Å². The van der Waals surface area contributed by atoms with Gasteiger partial charge in [-0.3, -0.25) is 0 Å². The standard InChI is InChI=1S/C12H16ClNO3/c1-12(2,6-15)5-14-9-4-11-10(3-8(9)13)16-7-17-11/h3-4,14-15H,5-7H2,1-2H3. The van der Waals surface area contributed by atoms with E-state index < -0.39 is 0 Å². The van der Waals surface area contributed by atoms with E-state index in [0.717, 1.165) is 5.69 Å². The molecule has 0 spiro atoms. The van der Waals surface area contributed by atoms with Crippen molar-refractivity contribution in [2.75, 3.05) is 25.3 Å². The summed E-state index contributed by atoms with van der Waals surface area (Å²) in [6, 6.07) is 3.55. The fraction of sp³-hybridized carbons (Fsp3) is 0.500. The maximum absolute atomic E-state index is 9.18. The van der Waals surface area contributed by atoms with Crippen molar-refractivity contribution in [3.05, 3.63) is 17.2 Å². The lowest BCUT2D eigenvalue weighted by atomic mass is 9.95. The minimum Gasteiger partial charge on any atom is -0.454 e. The summed E-state index contributed by atoms with van der Waals surface area (Å²) in [7, 11) is 0. The van der Waals surface area contributed by atoms with Gasteiger partial charge in [-0.1, -0.05) is 25.4 Å². The molecular weight excluding hydrogens is 242 g/mol. The third-order valence-corrected chi connectivity index (χ3v) is 2.96. The molecule has 0 saturated heterocycles. The van der Waals surface area contributed by atoms with Gasteiger partial charge in [-0.25, -0.2) is 0 Å². The molecule has 0 saturated carbocycles. The van der Waals surface area contributed by atoms with Crippen molar-refractivity contribution in [1.82, 2.24) is 0 Å². The third-order valence-electron chi connectivity index (χ3n) is 2.65. The van der Waals surface area contributed by atoms with Crippen molar-refractivity contribution < 1.29 is 14.6 Å². The zero-order chi connectivity index (χ0) is 12.5. The highest BCUT2D eigenvalue weighted by Crippen LogP contribution is 2.39. The number of hydrogen-bond acceptors (Lipinski definition) is 4. The Morgan fingerprint density at radius 1 is 1.35 bits per heavy atom. The molecule has 2 N–H and O–H groups in total. The van der Waals surface area contributed by atoms with Gasteiger partial charge in [-0.2, -0.15) is 0 Å². The molecule has 5 heteroatoms. The number of ether oxygens (including phenoxy) is 2. The lowest BCUT2D eigenvalue weighted by Crippen LogP contribution is -2.26. The molecule has 0 aromatic heterocycles. The Hall–Kier alpha value is -1.13. The summed E-state index contributed by atoms with van der Waals surface area (Å²) in [5.74, 6) is 1.36. The number of aliphatic hydroxyl groups excluding tert-OH is 1. The van der Waals surface area contributed by atoms with Crippen LogP contribution in [-0.2, 0) is 0 Å². The number of nitrogens with one attached hydrogen (secondary N) is 1. The van der Waals surface area contributed by atoms with E-state index in [-0.39, 0.29) is 18.8 Å². The Balaban J connectivity index is 2.11. The molecule has 17 heavy (non-hydrogen) atoms. The monoisotopic (exact) mass is 257 g/mol. The number of benzene rings is 1. The smallest absolute Gasteiger partial charge is 0.231 e. The van der Waals surface area contributed by atoms with Crippen molar-refractivity contribution in [1.29, 1.82) is 0 Å². The zero-order valence-corrected chi connectivity index (χ0v) is 10.7. The number of halogens is 1. The van der Waals surface area contributed by atoms with E-state index >= 15 is 0 Å². The lowest BCUT2D eigenvalue weighted by molar-refractivity contribution is 0.171. The molecule has 2 rings (SSSR count). The van der Waals surface area contributed by atoms with Crippen molar-refractivity contribution in [3.8, 4) is 11.5 Å². The summed E-state index contributed by atoms with van der Waals surface area (Å²) in [4.78, 5) is 0. The van der Waals surface area contributed by atoms with E-state index in [1.54, 1.807) is 6.07 Å². The van der Waals surface area contributed by atoms with Crippen LogP contribution in [0.2, 0.25) is 5.02 Å². The van der Waals surface area contributed by atoms with Crippen LogP contribution in [0, 0.1) is 5.41 Å². The summed E-state index contributed by atoms with van der Waals surface area (Å²) in [5, 5.41) is 13.0. The first-order valence-electron chi connectivity index (χ1n) is 5.46. The number of fused-ring (bicyclic) bond motifs is 1. The van der Waals surface area contributed by atoms with Crippen molar-refractivity contribution in [3.63, 3.8) is 0 Å². The molecular formula is C12H16ClNO3. The van der Waals surface area contributed by atoms with Crippen molar-refractivity contribution in [2.24, 2.45) is 5.41 Å². The van der Waals surface area contributed by atoms with Crippen LogP contribution in [0.1, 0.15) is 13.8 Å². The van der Waals surface area contributed by atoms with Gasteiger partial charge in [-0.15, -0.1) is 0 Å². The molecule has 0 unspecified atom stereocenters. The second kappa shape index (κ2) is 4.63. The highest BCUT2D eigenvalue weighted by atomic mass is 35.5. The topological polar surface area (TPSA) is 50.7 Å². The summed E-state index contributed by atoms with van der Waals surface area (Å²) >= 11 is 6.12. The van der Waals surface area contributed by atoms with Gasteiger partial charge in [-0.05, 0) is 0 Å². The molecule has 0 aliphatic carbocycles. The van der Waals surface area contributed by atoms with Crippen LogP contribution in [0.25, 0.3) is 0 Å². The third kappa shape index (κ3) is 2.76. The molecule has 0 bridgehead atoms. The molecule has 0 atom stereocenters. The first kappa shape index (κ1) is 12.3. The maximum Gasteiger partial charge on any atom is 0.231 e. The highest BCUT2D eigenvalue weighted by Gasteiger charge is 2.19. The predicted molar refractivity (Wildman–Crippen MR) is 66.9 cm³/mol. The molecule has 1 aliphatic rings. The first-order chi connectivity index (χ1) is 8.02. The predicted octanol–water partition coefficient (Wildman–Crippen LogP) is 2.50. The molecule has 0 amide bonds. The van der Waals surface area contributed by atoms with E-state index in [9.17, 15) is 5.11 Å². The summed E-state index contributed by atoms with van der Waals surface area (Å²) < 4.78 is 10.5. The number of anilines is 1. The van der Waals surface area contributed by atoms with Crippen LogP contribution in [0.3, 0.4) is 0 Å². The van der Waals surface area contributed by atoms with E-state index in [0.29, 0.717) is 23.1 Å². The van der Waals surface area contributed by atoms with Crippen LogP contribution >= 0.6 is 11.6 Å². The van der Waals surface area contributed by atoms with Gasteiger partial charge in [0.2, 0.25) is 6.79 Å². The Morgan fingerprint density at radius 3 is 2.65 bits per heavy atom. The van der Waals surface area contributed by atoms with E-state index in [1.807, 2.05) is 19.9 Å². The Labute approximate surface area is 105 Å². The number of rotatable bonds is 4. The average Bonchev–Trinajstić information content (AvgIpc) is 2.73. The fourth-order valence-electron chi connectivity index (χ4n) is 1.44. The summed E-state index contributed by atoms with van der Waals surface area (Å²) in [6.07, 6.45) is 0. The Morgan fingerprint density at radius 2 is 2.00 bits per heavy atom. The molecule has 1 aromatic carbocycles. The molecule has 4 nitrogen and oxygen atoms in total. The molecule has 0 fully saturated rings. The average molecular weight is 258 g/mol. The van der Waals surface area contributed by atoms with Gasteiger partial charge in [0.1, 0.15) is 0 Å². The van der Waals surface area contributed by atoms with Gasteiger partial charge in [0.05, 0.1) is 10.7 Å². The Kier molecular flexibility index (Phi) is 3.35. The molecule has 0 radical (unpaired) electrons. The number of aliphatic hydroxyl groups is 1. The second-order valence-electron chi connectivity index (χ2n) is 4.86. The molecule has 94 valence electrons. The van der Waals surface area contributed by atoms with Gasteiger partial charge in [0.25, 0.3) is 0 Å². The maximum atomic E-state index is 9.18. The SMILES string of the molecule is CC(C)(CO)CNc1cc2c(cc1Cl)OCO2. The van der Waals surface area contributed by atoms with Crippen LogP contribution in [0.15, 0.2) is 12.1 Å². The highest BCUT2D eigenvalue weighted by molar-refractivity contribution is 6.33. The lowest BCUT2D eigenvalue weighted by Gasteiger charge is -2.23. The van der Waals surface area contributed by atoms with Crippen molar-refractivity contribution >= 4 is 17.3 Å². The zero-order valence-electron chi connectivity index (χ0n) is 9.92. The molecule has 1 aliphatic heterocycles. The van der Waals surface area contributed by atoms with Gasteiger partial charge in [0.15, 0.2) is 11.5 Å². The van der Waals surface area contributed by atoms with Crippen LogP contribution in [0.4, 0.5) is 5.69 Å². The van der Waals surface area contributed by atoms with Crippen molar-refractivity contribution in [2.45, 2.75) is 13.8 Å². The number of hydrogen-bond donors (Lipinski definition) is 2. The minimum atomic E-state index is -0.195. The van der Waals surface area contributed by atoms with Gasteiger partial charge >= 0.3 is 0 Å². The molecule has 1 aromatic rings.